The van der Waals surface area contributed by atoms with E-state index < -0.39 is 5.82 Å². The lowest BCUT2D eigenvalue weighted by atomic mass is 10.0. The maximum atomic E-state index is 13.9. The van der Waals surface area contributed by atoms with Gasteiger partial charge < -0.3 is 9.64 Å². The lowest BCUT2D eigenvalue weighted by Crippen LogP contribution is -2.45. The van der Waals surface area contributed by atoms with Gasteiger partial charge in [0.2, 0.25) is 5.91 Å². The molecule has 1 amide bonds. The summed E-state index contributed by atoms with van der Waals surface area (Å²) in [4.78, 5) is 15.0. The molecule has 0 unspecified atom stereocenters. The van der Waals surface area contributed by atoms with Crippen molar-refractivity contribution in [1.29, 1.82) is 0 Å². The number of hydrogen-bond acceptors (Lipinski definition) is 5. The smallest absolute Gasteiger partial charge is 0.233 e. The first kappa shape index (κ1) is 24.5. The molecule has 0 aliphatic heterocycles. The molecule has 0 aliphatic rings. The van der Waals surface area contributed by atoms with Crippen molar-refractivity contribution >= 4 is 17.7 Å². The zero-order chi connectivity index (χ0) is 23.8. The summed E-state index contributed by atoms with van der Waals surface area (Å²) in [7, 11) is 0. The first-order chi connectivity index (χ1) is 15.8. The molecule has 0 radical (unpaired) electrons. The van der Waals surface area contributed by atoms with E-state index in [9.17, 15) is 9.18 Å². The molecule has 1 aromatic heterocycles. The van der Waals surface area contributed by atoms with Gasteiger partial charge in [-0.15, -0.1) is 16.8 Å². The number of thioether (sulfide) groups is 1. The summed E-state index contributed by atoms with van der Waals surface area (Å²) in [5.41, 5.74) is 0.745. The second-order valence-electron chi connectivity index (χ2n) is 8.44. The Morgan fingerprint density at radius 2 is 1.85 bits per heavy atom. The van der Waals surface area contributed by atoms with Crippen LogP contribution in [0.25, 0.3) is 0 Å². The van der Waals surface area contributed by atoms with Crippen molar-refractivity contribution in [2.45, 2.75) is 51.2 Å². The van der Waals surface area contributed by atoms with Crippen molar-refractivity contribution in [2.24, 2.45) is 0 Å². The molecule has 0 fully saturated rings. The molecule has 6 nitrogen and oxygen atoms in total. The van der Waals surface area contributed by atoms with Gasteiger partial charge in [-0.25, -0.2) is 4.39 Å². The standard InChI is InChI=1S/C25H29FN4O2S/c1-5-15-29-22(17-32-21-14-10-9-13-20(21)26)27-28-24(29)33-18-23(31)30(25(2,3)4)16-19-11-7-6-8-12-19/h5-14H,1,15-18H2,2-4H3. The molecule has 8 heteroatoms. The largest absolute Gasteiger partial charge is 0.483 e. The SMILES string of the molecule is C=CCn1c(COc2ccccc2F)nnc1SCC(=O)N(Cc1ccccc1)C(C)(C)C. The Bertz CT molecular complexity index is 1080. The molecule has 0 bridgehead atoms. The number of para-hydroxylation sites is 1. The Morgan fingerprint density at radius 3 is 2.52 bits per heavy atom. The lowest BCUT2D eigenvalue weighted by molar-refractivity contribution is -0.133. The van der Waals surface area contributed by atoms with Crippen LogP contribution in [0.4, 0.5) is 4.39 Å². The van der Waals surface area contributed by atoms with Gasteiger partial charge in [0.25, 0.3) is 0 Å². The van der Waals surface area contributed by atoms with Crippen LogP contribution >= 0.6 is 11.8 Å². The van der Waals surface area contributed by atoms with Crippen LogP contribution in [-0.4, -0.2) is 36.9 Å². The maximum absolute atomic E-state index is 13.9. The molecule has 0 aliphatic carbocycles. The Hall–Kier alpha value is -3.13. The summed E-state index contributed by atoms with van der Waals surface area (Å²) in [5, 5.41) is 9.01. The van der Waals surface area contributed by atoms with Gasteiger partial charge in [-0.05, 0) is 38.5 Å². The highest BCUT2D eigenvalue weighted by molar-refractivity contribution is 7.99. The highest BCUT2D eigenvalue weighted by atomic mass is 32.2. The summed E-state index contributed by atoms with van der Waals surface area (Å²) in [6.07, 6.45) is 1.72. The van der Waals surface area contributed by atoms with Gasteiger partial charge in [0.05, 0.1) is 5.75 Å². The molecule has 0 N–H and O–H groups in total. The number of carbonyl (C=O) groups is 1. The van der Waals surface area contributed by atoms with Crippen LogP contribution in [0.3, 0.4) is 0 Å². The van der Waals surface area contributed by atoms with Crippen LogP contribution in [0.15, 0.2) is 72.4 Å². The number of aromatic nitrogens is 3. The van der Waals surface area contributed by atoms with Crippen LogP contribution < -0.4 is 4.74 Å². The number of ether oxygens (including phenoxy) is 1. The van der Waals surface area contributed by atoms with Gasteiger partial charge in [-0.1, -0.05) is 60.3 Å². The second kappa shape index (κ2) is 11.1. The van der Waals surface area contributed by atoms with Crippen molar-refractivity contribution in [3.05, 3.63) is 84.5 Å². The van der Waals surface area contributed by atoms with Gasteiger partial charge in [0.1, 0.15) is 6.61 Å². The first-order valence-electron chi connectivity index (χ1n) is 10.7. The van der Waals surface area contributed by atoms with Crippen molar-refractivity contribution in [2.75, 3.05) is 5.75 Å². The van der Waals surface area contributed by atoms with Crippen LogP contribution in [0.5, 0.6) is 5.75 Å². The number of carbonyl (C=O) groups excluding carboxylic acids is 1. The Morgan fingerprint density at radius 1 is 1.15 bits per heavy atom. The van der Waals surface area contributed by atoms with E-state index in [1.807, 2.05) is 60.6 Å². The van der Waals surface area contributed by atoms with E-state index in [1.165, 1.54) is 17.8 Å². The van der Waals surface area contributed by atoms with Gasteiger partial charge in [-0.3, -0.25) is 9.36 Å². The number of amides is 1. The van der Waals surface area contributed by atoms with E-state index in [1.54, 1.807) is 24.3 Å². The average molecular weight is 469 g/mol. The van der Waals surface area contributed by atoms with E-state index in [4.69, 9.17) is 4.74 Å². The van der Waals surface area contributed by atoms with Crippen LogP contribution in [0, 0.1) is 5.82 Å². The number of nitrogens with zero attached hydrogens (tertiary/aromatic N) is 4. The minimum Gasteiger partial charge on any atom is -0.483 e. The molecule has 33 heavy (non-hydrogen) atoms. The van der Waals surface area contributed by atoms with E-state index in [2.05, 4.69) is 16.8 Å². The fraction of sp³-hybridized carbons (Fsp3) is 0.320. The fourth-order valence-electron chi connectivity index (χ4n) is 3.22. The van der Waals surface area contributed by atoms with Crippen LogP contribution in [0.2, 0.25) is 0 Å². The number of hydrogen-bond donors (Lipinski definition) is 0. The molecular weight excluding hydrogens is 439 g/mol. The van der Waals surface area contributed by atoms with E-state index in [0.717, 1.165) is 5.56 Å². The van der Waals surface area contributed by atoms with Crippen LogP contribution in [0.1, 0.15) is 32.2 Å². The van der Waals surface area contributed by atoms with Gasteiger partial charge in [0, 0.05) is 18.6 Å². The molecule has 3 aromatic rings. The van der Waals surface area contributed by atoms with Crippen molar-refractivity contribution in [3.8, 4) is 5.75 Å². The summed E-state index contributed by atoms with van der Waals surface area (Å²) in [6, 6.07) is 16.1. The third kappa shape index (κ3) is 6.68. The summed E-state index contributed by atoms with van der Waals surface area (Å²) < 4.78 is 21.3. The predicted molar refractivity (Wildman–Crippen MR) is 128 cm³/mol. The number of rotatable bonds is 10. The number of benzene rings is 2. The Balaban J connectivity index is 1.69. The topological polar surface area (TPSA) is 60.2 Å². The molecule has 2 aromatic carbocycles. The quantitative estimate of drug-likeness (QED) is 0.306. The van der Waals surface area contributed by atoms with Crippen LogP contribution in [-0.2, 0) is 24.5 Å². The number of halogens is 1. The molecule has 3 rings (SSSR count). The highest BCUT2D eigenvalue weighted by Gasteiger charge is 2.27. The fourth-order valence-corrected chi connectivity index (χ4v) is 4.06. The minimum atomic E-state index is -0.437. The first-order valence-corrected chi connectivity index (χ1v) is 11.7. The third-order valence-electron chi connectivity index (χ3n) is 4.92. The molecule has 1 heterocycles. The second-order valence-corrected chi connectivity index (χ2v) is 9.38. The zero-order valence-electron chi connectivity index (χ0n) is 19.2. The molecule has 0 atom stereocenters. The monoisotopic (exact) mass is 468 g/mol. The zero-order valence-corrected chi connectivity index (χ0v) is 20.0. The Labute approximate surface area is 198 Å². The van der Waals surface area contributed by atoms with Gasteiger partial charge in [-0.2, -0.15) is 0 Å². The summed E-state index contributed by atoms with van der Waals surface area (Å²) in [6.45, 7) is 10.9. The van der Waals surface area contributed by atoms with Crippen molar-refractivity contribution < 1.29 is 13.9 Å². The summed E-state index contributed by atoms with van der Waals surface area (Å²) in [5.74, 6) is 0.469. The highest BCUT2D eigenvalue weighted by Crippen LogP contribution is 2.23. The normalized spacial score (nSPS) is 11.3. The molecule has 174 valence electrons. The van der Waals surface area contributed by atoms with Crippen molar-refractivity contribution in [1.82, 2.24) is 19.7 Å². The van der Waals surface area contributed by atoms with Crippen molar-refractivity contribution in [3.63, 3.8) is 0 Å². The van der Waals surface area contributed by atoms with Gasteiger partial charge in [0.15, 0.2) is 22.5 Å². The van der Waals surface area contributed by atoms with E-state index in [0.29, 0.717) is 24.1 Å². The third-order valence-corrected chi connectivity index (χ3v) is 5.87. The predicted octanol–water partition coefficient (Wildman–Crippen LogP) is 5.10. The Kier molecular flexibility index (Phi) is 8.27. The lowest BCUT2D eigenvalue weighted by Gasteiger charge is -2.36. The maximum Gasteiger partial charge on any atom is 0.233 e. The average Bonchev–Trinajstić information content (AvgIpc) is 3.17. The molecule has 0 saturated carbocycles. The van der Waals surface area contributed by atoms with E-state index in [-0.39, 0.29) is 29.6 Å². The number of allylic oxidation sites excluding steroid dienone is 1. The molecule has 0 saturated heterocycles. The minimum absolute atomic E-state index is 0.00802. The molecular formula is C25H29FN4O2S. The van der Waals surface area contributed by atoms with E-state index >= 15 is 0 Å². The molecule has 0 spiro atoms. The summed E-state index contributed by atoms with van der Waals surface area (Å²) >= 11 is 1.32. The van der Waals surface area contributed by atoms with Gasteiger partial charge >= 0.3 is 0 Å².